The number of aromatic nitrogens is 3. The van der Waals surface area contributed by atoms with Crippen molar-refractivity contribution in [3.63, 3.8) is 0 Å². The zero-order chi connectivity index (χ0) is 24.6. The average Bonchev–Trinajstić information content (AvgIpc) is 3.60. The summed E-state index contributed by atoms with van der Waals surface area (Å²) in [4.78, 5) is 24.1. The fourth-order valence-electron chi connectivity index (χ4n) is 4.59. The first-order valence-corrected chi connectivity index (χ1v) is 12.3. The molecule has 1 fully saturated rings. The van der Waals surface area contributed by atoms with Crippen molar-refractivity contribution in [1.29, 1.82) is 0 Å². The zero-order valence-electron chi connectivity index (χ0n) is 19.0. The van der Waals surface area contributed by atoms with E-state index in [4.69, 9.17) is 9.82 Å². The molecule has 2 aliphatic heterocycles. The summed E-state index contributed by atoms with van der Waals surface area (Å²) < 4.78 is 40.3. The maximum absolute atomic E-state index is 13.1. The first kappa shape index (κ1) is 23.7. The fourth-order valence-corrected chi connectivity index (χ4v) is 5.59. The van der Waals surface area contributed by atoms with E-state index in [0.717, 1.165) is 40.9 Å². The van der Waals surface area contributed by atoms with Gasteiger partial charge in [-0.3, -0.25) is 9.69 Å². The van der Waals surface area contributed by atoms with Gasteiger partial charge in [0.15, 0.2) is 24.2 Å². The van der Waals surface area contributed by atoms with E-state index in [2.05, 4.69) is 10.3 Å². The third kappa shape index (κ3) is 4.87. The number of nitrogens with zero attached hydrogens (tertiary/aromatic N) is 5. The molecule has 11 heteroatoms. The number of alkyl halides is 3. The third-order valence-corrected chi connectivity index (χ3v) is 7.50. The Labute approximate surface area is 204 Å². The Morgan fingerprint density at radius 3 is 2.60 bits per heavy atom. The first-order chi connectivity index (χ1) is 16.8. The molecular formula is C24H24F3N5O2S. The molecule has 0 bridgehead atoms. The van der Waals surface area contributed by atoms with Crippen molar-refractivity contribution in [3.05, 3.63) is 69.4 Å². The van der Waals surface area contributed by atoms with Crippen LogP contribution in [-0.2, 0) is 15.8 Å². The second kappa shape index (κ2) is 9.54. The number of carbonyl (C=O) groups excluding carboxylic acids is 1. The van der Waals surface area contributed by atoms with E-state index < -0.39 is 18.0 Å². The molecule has 5 rings (SSSR count). The van der Waals surface area contributed by atoms with E-state index in [9.17, 15) is 18.0 Å². The molecule has 7 nitrogen and oxygen atoms in total. The highest BCUT2D eigenvalue weighted by Gasteiger charge is 2.36. The minimum absolute atomic E-state index is 0.108. The average molecular weight is 504 g/mol. The highest BCUT2D eigenvalue weighted by atomic mass is 32.1. The molecule has 0 amide bonds. The number of thiazole rings is 1. The molecule has 0 spiro atoms. The molecule has 2 aliphatic rings. The van der Waals surface area contributed by atoms with Crippen molar-refractivity contribution in [3.8, 4) is 0 Å². The van der Waals surface area contributed by atoms with Crippen molar-refractivity contribution < 1.29 is 22.8 Å². The molecule has 0 radical (unpaired) electrons. The van der Waals surface area contributed by atoms with Crippen molar-refractivity contribution in [1.82, 2.24) is 19.7 Å². The predicted octanol–water partition coefficient (Wildman–Crippen LogP) is 5.11. The highest BCUT2D eigenvalue weighted by Crippen LogP contribution is 2.35. The minimum atomic E-state index is -4.55. The Morgan fingerprint density at radius 1 is 1.20 bits per heavy atom. The van der Waals surface area contributed by atoms with Crippen LogP contribution in [0.5, 0.6) is 0 Å². The molecule has 0 aliphatic carbocycles. The molecule has 2 atom stereocenters. The van der Waals surface area contributed by atoms with Crippen LogP contribution in [-0.4, -0.2) is 44.8 Å². The molecule has 2 aromatic heterocycles. The van der Waals surface area contributed by atoms with E-state index >= 15 is 0 Å². The molecule has 4 heterocycles. The fraction of sp³-hybridized carbons (Fsp3) is 0.417. The van der Waals surface area contributed by atoms with E-state index in [0.29, 0.717) is 31.5 Å². The largest absolute Gasteiger partial charge is 0.435 e. The molecule has 0 saturated carbocycles. The first-order valence-electron chi connectivity index (χ1n) is 11.4. The summed E-state index contributed by atoms with van der Waals surface area (Å²) in [7, 11) is 0. The van der Waals surface area contributed by atoms with Crippen LogP contribution in [0.2, 0.25) is 0 Å². The van der Waals surface area contributed by atoms with E-state index in [-0.39, 0.29) is 12.0 Å². The number of aldehydes is 1. The van der Waals surface area contributed by atoms with Gasteiger partial charge >= 0.3 is 6.18 Å². The Morgan fingerprint density at radius 2 is 1.94 bits per heavy atom. The van der Waals surface area contributed by atoms with Gasteiger partial charge in [-0.05, 0) is 31.4 Å². The molecule has 1 saturated heterocycles. The molecule has 1 aromatic carbocycles. The number of oxime groups is 1. The normalized spacial score (nSPS) is 20.5. The quantitative estimate of drug-likeness (QED) is 0.437. The van der Waals surface area contributed by atoms with Gasteiger partial charge in [0.1, 0.15) is 5.71 Å². The monoisotopic (exact) mass is 503 g/mol. The van der Waals surface area contributed by atoms with Gasteiger partial charge in [-0.1, -0.05) is 35.5 Å². The molecule has 3 aromatic rings. The minimum Gasteiger partial charge on any atom is -0.387 e. The summed E-state index contributed by atoms with van der Waals surface area (Å²) in [5.41, 5.74) is 2.04. The van der Waals surface area contributed by atoms with Crippen LogP contribution in [0.25, 0.3) is 0 Å². The van der Waals surface area contributed by atoms with Crippen LogP contribution in [0.3, 0.4) is 0 Å². The van der Waals surface area contributed by atoms with Crippen LogP contribution >= 0.6 is 11.3 Å². The number of rotatable bonds is 6. The molecule has 2 unspecified atom stereocenters. The smallest absolute Gasteiger partial charge is 0.387 e. The summed E-state index contributed by atoms with van der Waals surface area (Å²) >= 11 is 1.58. The van der Waals surface area contributed by atoms with Crippen LogP contribution in [0.1, 0.15) is 65.1 Å². The van der Waals surface area contributed by atoms with Gasteiger partial charge in [0.2, 0.25) is 0 Å². The molecule has 184 valence electrons. The maximum atomic E-state index is 13.1. The lowest BCUT2D eigenvalue weighted by Crippen LogP contribution is -2.40. The topological polar surface area (TPSA) is 72.6 Å². The van der Waals surface area contributed by atoms with Crippen LogP contribution < -0.4 is 0 Å². The van der Waals surface area contributed by atoms with Crippen LogP contribution in [0.15, 0.2) is 46.9 Å². The Hall–Kier alpha value is -3.05. The third-order valence-electron chi connectivity index (χ3n) is 6.50. The maximum Gasteiger partial charge on any atom is 0.435 e. The number of likely N-dealkylation sites (tertiary alicyclic amines) is 1. The van der Waals surface area contributed by atoms with Crippen LogP contribution in [0.4, 0.5) is 13.2 Å². The van der Waals surface area contributed by atoms with Crippen molar-refractivity contribution in [2.24, 2.45) is 5.16 Å². The van der Waals surface area contributed by atoms with Gasteiger partial charge in [0.25, 0.3) is 0 Å². The van der Waals surface area contributed by atoms with Gasteiger partial charge in [-0.2, -0.15) is 18.3 Å². The summed E-state index contributed by atoms with van der Waals surface area (Å²) in [6, 6.07) is 10.9. The van der Waals surface area contributed by atoms with E-state index in [1.54, 1.807) is 11.3 Å². The van der Waals surface area contributed by atoms with E-state index in [1.807, 2.05) is 40.6 Å². The van der Waals surface area contributed by atoms with Gasteiger partial charge < -0.3 is 4.84 Å². The zero-order valence-corrected chi connectivity index (χ0v) is 19.8. The molecule has 35 heavy (non-hydrogen) atoms. The number of benzene rings is 1. The Kier molecular flexibility index (Phi) is 6.45. The predicted molar refractivity (Wildman–Crippen MR) is 124 cm³/mol. The molecular weight excluding hydrogens is 479 g/mol. The summed E-state index contributed by atoms with van der Waals surface area (Å²) in [5, 5.41) is 10.9. The molecule has 0 N–H and O–H groups in total. The number of hydrogen-bond donors (Lipinski definition) is 0. The second-order valence-corrected chi connectivity index (χ2v) is 9.68. The number of piperidine rings is 1. The number of hydrogen-bond acceptors (Lipinski definition) is 7. The summed E-state index contributed by atoms with van der Waals surface area (Å²) in [6.45, 7) is 2.65. The van der Waals surface area contributed by atoms with Crippen molar-refractivity contribution in [2.75, 3.05) is 13.1 Å². The van der Waals surface area contributed by atoms with Crippen molar-refractivity contribution in [2.45, 2.75) is 50.6 Å². The van der Waals surface area contributed by atoms with Gasteiger partial charge in [0, 0.05) is 36.5 Å². The Balaban J connectivity index is 1.21. The summed E-state index contributed by atoms with van der Waals surface area (Å²) in [5.74, 6) is 0.217. The standard InChI is InChI=1S/C24H24F3N5O2S/c1-15-11-21(24(25,26)27)29-32(15)22(13-33)31-9-7-17(8-10-31)23-28-19(14-35-23)18-12-20(34-30-18)16-5-3-2-4-6-16/h2-6,11,13-14,17,20,22H,7-10,12H2,1H3. The highest BCUT2D eigenvalue weighted by molar-refractivity contribution is 7.10. The number of halogens is 3. The lowest BCUT2D eigenvalue weighted by Gasteiger charge is -2.35. The van der Waals surface area contributed by atoms with Crippen molar-refractivity contribution >= 4 is 23.3 Å². The second-order valence-electron chi connectivity index (χ2n) is 8.79. The van der Waals surface area contributed by atoms with Gasteiger partial charge in [-0.15, -0.1) is 11.3 Å². The van der Waals surface area contributed by atoms with Gasteiger partial charge in [-0.25, -0.2) is 9.67 Å². The number of carbonyl (C=O) groups is 1. The van der Waals surface area contributed by atoms with Gasteiger partial charge in [0.05, 0.1) is 10.7 Å². The lowest BCUT2D eigenvalue weighted by molar-refractivity contribution is -0.142. The summed E-state index contributed by atoms with van der Waals surface area (Å²) in [6.07, 6.45) is -2.70. The SMILES string of the molecule is Cc1cc(C(F)(F)F)nn1C(C=O)N1CCC(c2nc(C3=NOC(c4ccccc4)C3)cs2)CC1. The number of aryl methyl sites for hydroxylation is 1. The lowest BCUT2D eigenvalue weighted by atomic mass is 9.97. The Bertz CT molecular complexity index is 1220. The van der Waals surface area contributed by atoms with Crippen LogP contribution in [0, 0.1) is 6.92 Å². The van der Waals surface area contributed by atoms with E-state index in [1.165, 1.54) is 11.6 Å².